The maximum Gasteiger partial charge on any atom is 0.156 e. The van der Waals surface area contributed by atoms with Crippen molar-refractivity contribution in [2.24, 2.45) is 0 Å². The van der Waals surface area contributed by atoms with Gasteiger partial charge in [0.15, 0.2) is 5.75 Å². The lowest BCUT2D eigenvalue weighted by molar-refractivity contribution is 0.185. The summed E-state index contributed by atoms with van der Waals surface area (Å²) in [4.78, 5) is 4.03. The number of methoxy groups -OCH3 is 1. The standard InChI is InChI=1S/C17H22Cl2N2O2/c1-22-12-14-10-15(18)17(16(19)11-14)23-9-5-3-2-4-7-21-8-6-20-13-21/h6,8,10-11,13H,2-5,7,9,12H2,1H3. The van der Waals surface area contributed by atoms with Gasteiger partial charge in [-0.2, -0.15) is 0 Å². The molecule has 4 nitrogen and oxygen atoms in total. The van der Waals surface area contributed by atoms with Gasteiger partial charge in [-0.25, -0.2) is 4.98 Å². The van der Waals surface area contributed by atoms with Crippen molar-refractivity contribution >= 4 is 23.2 Å². The molecule has 0 N–H and O–H groups in total. The predicted octanol–water partition coefficient (Wildman–Crippen LogP) is 4.98. The number of rotatable bonds is 10. The molecular weight excluding hydrogens is 335 g/mol. The number of hydrogen-bond donors (Lipinski definition) is 0. The molecule has 0 amide bonds. The molecule has 0 aliphatic carbocycles. The van der Waals surface area contributed by atoms with Gasteiger partial charge < -0.3 is 14.0 Å². The predicted molar refractivity (Wildman–Crippen MR) is 93.4 cm³/mol. The maximum absolute atomic E-state index is 6.22. The van der Waals surface area contributed by atoms with Crippen molar-refractivity contribution in [2.45, 2.75) is 38.8 Å². The first-order valence-corrected chi connectivity index (χ1v) is 8.51. The molecule has 0 aliphatic heterocycles. The third-order valence-corrected chi connectivity index (χ3v) is 4.05. The molecule has 0 atom stereocenters. The molecule has 0 spiro atoms. The second-order valence-corrected chi connectivity index (χ2v) is 6.20. The van der Waals surface area contributed by atoms with Gasteiger partial charge in [-0.3, -0.25) is 0 Å². The van der Waals surface area contributed by atoms with Gasteiger partial charge in [-0.05, 0) is 30.5 Å². The minimum atomic E-state index is 0.483. The van der Waals surface area contributed by atoms with Crippen molar-refractivity contribution in [3.8, 4) is 5.75 Å². The van der Waals surface area contributed by atoms with E-state index in [0.29, 0.717) is 29.0 Å². The van der Waals surface area contributed by atoms with Gasteiger partial charge in [0, 0.05) is 26.0 Å². The Balaban J connectivity index is 1.66. The van der Waals surface area contributed by atoms with Crippen LogP contribution in [0, 0.1) is 0 Å². The van der Waals surface area contributed by atoms with Crippen LogP contribution in [0.25, 0.3) is 0 Å². The van der Waals surface area contributed by atoms with Crippen LogP contribution in [-0.2, 0) is 17.9 Å². The monoisotopic (exact) mass is 356 g/mol. The van der Waals surface area contributed by atoms with Crippen LogP contribution in [0.4, 0.5) is 0 Å². The Hall–Kier alpha value is -1.23. The highest BCUT2D eigenvalue weighted by atomic mass is 35.5. The van der Waals surface area contributed by atoms with E-state index in [2.05, 4.69) is 9.55 Å². The summed E-state index contributed by atoms with van der Waals surface area (Å²) < 4.78 is 12.9. The van der Waals surface area contributed by atoms with Gasteiger partial charge in [0.2, 0.25) is 0 Å². The average molecular weight is 357 g/mol. The van der Waals surface area contributed by atoms with Crippen LogP contribution in [0.3, 0.4) is 0 Å². The molecule has 126 valence electrons. The van der Waals surface area contributed by atoms with Gasteiger partial charge in [0.1, 0.15) is 0 Å². The highest BCUT2D eigenvalue weighted by Crippen LogP contribution is 2.34. The number of ether oxygens (including phenoxy) is 2. The molecule has 1 aromatic heterocycles. The molecule has 6 heteroatoms. The van der Waals surface area contributed by atoms with E-state index in [1.54, 1.807) is 13.3 Å². The number of aromatic nitrogens is 2. The van der Waals surface area contributed by atoms with E-state index in [9.17, 15) is 0 Å². The summed E-state index contributed by atoms with van der Waals surface area (Å²) in [5, 5.41) is 1.06. The van der Waals surface area contributed by atoms with E-state index in [-0.39, 0.29) is 0 Å². The Morgan fingerprint density at radius 2 is 1.83 bits per heavy atom. The lowest BCUT2D eigenvalue weighted by Gasteiger charge is -2.11. The van der Waals surface area contributed by atoms with Crippen molar-refractivity contribution in [1.82, 2.24) is 9.55 Å². The van der Waals surface area contributed by atoms with Crippen molar-refractivity contribution in [2.75, 3.05) is 13.7 Å². The number of nitrogens with zero attached hydrogens (tertiary/aromatic N) is 2. The zero-order valence-electron chi connectivity index (χ0n) is 13.3. The zero-order chi connectivity index (χ0) is 16.5. The summed E-state index contributed by atoms with van der Waals surface area (Å²) in [6.07, 6.45) is 10.0. The number of halogens is 2. The first kappa shape index (κ1) is 18.1. The third kappa shape index (κ3) is 6.05. The van der Waals surface area contributed by atoms with Gasteiger partial charge in [-0.15, -0.1) is 0 Å². The molecule has 0 saturated carbocycles. The number of imidazole rings is 1. The highest BCUT2D eigenvalue weighted by Gasteiger charge is 2.09. The topological polar surface area (TPSA) is 36.3 Å². The van der Waals surface area contributed by atoms with E-state index in [4.69, 9.17) is 32.7 Å². The largest absolute Gasteiger partial charge is 0.490 e. The fourth-order valence-electron chi connectivity index (χ4n) is 2.34. The summed E-state index contributed by atoms with van der Waals surface area (Å²) in [6, 6.07) is 3.66. The molecule has 0 aliphatic rings. The van der Waals surface area contributed by atoms with Crippen LogP contribution in [0.1, 0.15) is 31.2 Å². The van der Waals surface area contributed by atoms with Crippen LogP contribution in [0.5, 0.6) is 5.75 Å². The smallest absolute Gasteiger partial charge is 0.156 e. The Kier molecular flexibility index (Phi) is 7.72. The number of hydrogen-bond acceptors (Lipinski definition) is 3. The Morgan fingerprint density at radius 3 is 2.48 bits per heavy atom. The molecule has 2 rings (SSSR count). The number of aryl methyl sites for hydroxylation is 1. The summed E-state index contributed by atoms with van der Waals surface area (Å²) in [6.45, 7) is 2.12. The highest BCUT2D eigenvalue weighted by molar-refractivity contribution is 6.37. The van der Waals surface area contributed by atoms with Crippen molar-refractivity contribution in [1.29, 1.82) is 0 Å². The van der Waals surface area contributed by atoms with E-state index >= 15 is 0 Å². The lowest BCUT2D eigenvalue weighted by atomic mass is 10.2. The summed E-state index contributed by atoms with van der Waals surface area (Å²) in [5.41, 5.74) is 0.939. The van der Waals surface area contributed by atoms with E-state index < -0.39 is 0 Å². The Bertz CT molecular complexity index is 565. The van der Waals surface area contributed by atoms with Crippen LogP contribution in [0.2, 0.25) is 10.0 Å². The zero-order valence-corrected chi connectivity index (χ0v) is 14.8. The summed E-state index contributed by atoms with van der Waals surface area (Å²) >= 11 is 12.4. The molecule has 0 radical (unpaired) electrons. The Labute approximate surface area is 147 Å². The molecule has 0 saturated heterocycles. The molecule has 23 heavy (non-hydrogen) atoms. The van der Waals surface area contributed by atoms with Crippen LogP contribution < -0.4 is 4.74 Å². The molecule has 1 heterocycles. The van der Waals surface area contributed by atoms with Crippen molar-refractivity contribution < 1.29 is 9.47 Å². The fraction of sp³-hybridized carbons (Fsp3) is 0.471. The minimum Gasteiger partial charge on any atom is -0.490 e. The maximum atomic E-state index is 6.22. The van der Waals surface area contributed by atoms with Gasteiger partial charge in [-0.1, -0.05) is 36.0 Å². The van der Waals surface area contributed by atoms with Gasteiger partial charge in [0.05, 0.1) is 29.6 Å². The third-order valence-electron chi connectivity index (χ3n) is 3.49. The van der Waals surface area contributed by atoms with E-state index in [1.165, 1.54) is 0 Å². The van der Waals surface area contributed by atoms with Crippen molar-refractivity contribution in [3.63, 3.8) is 0 Å². The first-order chi connectivity index (χ1) is 11.2. The molecule has 2 aromatic rings. The van der Waals surface area contributed by atoms with Gasteiger partial charge >= 0.3 is 0 Å². The van der Waals surface area contributed by atoms with E-state index in [0.717, 1.165) is 37.8 Å². The minimum absolute atomic E-state index is 0.483. The van der Waals surface area contributed by atoms with Crippen LogP contribution in [-0.4, -0.2) is 23.3 Å². The first-order valence-electron chi connectivity index (χ1n) is 7.76. The lowest BCUT2D eigenvalue weighted by Crippen LogP contribution is -2.00. The summed E-state index contributed by atoms with van der Waals surface area (Å²) in [7, 11) is 1.64. The van der Waals surface area contributed by atoms with E-state index in [1.807, 2.05) is 24.7 Å². The normalized spacial score (nSPS) is 10.9. The fourth-order valence-corrected chi connectivity index (χ4v) is 2.98. The second-order valence-electron chi connectivity index (χ2n) is 5.38. The van der Waals surface area contributed by atoms with Crippen molar-refractivity contribution in [3.05, 3.63) is 46.5 Å². The Morgan fingerprint density at radius 1 is 1.09 bits per heavy atom. The quantitative estimate of drug-likeness (QED) is 0.563. The van der Waals surface area contributed by atoms with Gasteiger partial charge in [0.25, 0.3) is 0 Å². The molecule has 1 aromatic carbocycles. The number of benzene rings is 1. The SMILES string of the molecule is COCc1cc(Cl)c(OCCCCCCn2ccnc2)c(Cl)c1. The average Bonchev–Trinajstić information content (AvgIpc) is 3.02. The van der Waals surface area contributed by atoms with Crippen LogP contribution in [0.15, 0.2) is 30.9 Å². The molecule has 0 unspecified atom stereocenters. The molecule has 0 fully saturated rings. The van der Waals surface area contributed by atoms with Crippen LogP contribution >= 0.6 is 23.2 Å². The summed E-state index contributed by atoms with van der Waals surface area (Å²) in [5.74, 6) is 0.562. The second kappa shape index (κ2) is 9.81. The molecule has 0 bridgehead atoms. The molecular formula is C17H22Cl2N2O2. The number of unbranched alkanes of at least 4 members (excludes halogenated alkanes) is 3.